The van der Waals surface area contributed by atoms with Gasteiger partial charge in [0.05, 0.1) is 0 Å². The van der Waals surface area contributed by atoms with Gasteiger partial charge in [0.25, 0.3) is 0 Å². The molecular weight excluding hydrogens is 119 g/mol. The zero-order chi connectivity index (χ0) is 6.70. The van der Waals surface area contributed by atoms with Crippen LogP contribution in [0.4, 0.5) is 4.39 Å². The van der Waals surface area contributed by atoms with Gasteiger partial charge in [-0.25, -0.2) is 4.39 Å². The summed E-state index contributed by atoms with van der Waals surface area (Å²) in [6.45, 7) is 1.57. The molecule has 0 heterocycles. The Labute approximate surface area is 53.2 Å². The second-order valence-electron chi connectivity index (χ2n) is 3.52. The monoisotopic (exact) mass is 128 g/mol. The van der Waals surface area contributed by atoms with Crippen molar-refractivity contribution in [2.45, 2.75) is 31.9 Å². The van der Waals surface area contributed by atoms with Gasteiger partial charge in [0.1, 0.15) is 11.5 Å². The average molecular weight is 128 g/mol. The van der Waals surface area contributed by atoms with E-state index in [-0.39, 0.29) is 11.2 Å². The number of ketones is 1. The van der Waals surface area contributed by atoms with Crippen LogP contribution in [0.25, 0.3) is 0 Å². The maximum Gasteiger partial charge on any atom is 0.136 e. The van der Waals surface area contributed by atoms with E-state index in [2.05, 4.69) is 0 Å². The van der Waals surface area contributed by atoms with Crippen molar-refractivity contribution in [2.24, 2.45) is 5.41 Å². The molecule has 3 rings (SSSR count). The lowest BCUT2D eigenvalue weighted by atomic mass is 9.41. The van der Waals surface area contributed by atoms with Gasteiger partial charge in [-0.05, 0) is 26.2 Å². The highest BCUT2D eigenvalue weighted by Crippen LogP contribution is 2.69. The fraction of sp³-hybridized carbons (Fsp3) is 0.857. The molecule has 0 aromatic carbocycles. The molecule has 0 aromatic heterocycles. The first-order valence-electron chi connectivity index (χ1n) is 3.26. The minimum atomic E-state index is -0.911. The van der Waals surface area contributed by atoms with E-state index in [1.165, 1.54) is 0 Å². The molecule has 3 saturated carbocycles. The fourth-order valence-corrected chi connectivity index (χ4v) is 2.04. The highest BCUT2D eigenvalue weighted by molar-refractivity contribution is 5.86. The van der Waals surface area contributed by atoms with Crippen molar-refractivity contribution in [2.75, 3.05) is 0 Å². The molecule has 0 spiro atoms. The van der Waals surface area contributed by atoms with Gasteiger partial charge in [0.2, 0.25) is 0 Å². The third-order valence-corrected chi connectivity index (χ3v) is 2.71. The van der Waals surface area contributed by atoms with Gasteiger partial charge in [-0.1, -0.05) is 0 Å². The zero-order valence-corrected chi connectivity index (χ0v) is 5.41. The van der Waals surface area contributed by atoms with Gasteiger partial charge < -0.3 is 0 Å². The maximum absolute atomic E-state index is 12.7. The maximum atomic E-state index is 12.7. The highest BCUT2D eigenvalue weighted by atomic mass is 19.1. The predicted molar refractivity (Wildman–Crippen MR) is 30.8 cm³/mol. The number of halogens is 1. The number of carbonyl (C=O) groups excluding carboxylic acids is 1. The SMILES string of the molecule is CC(=O)C12CC(F)(C1)C2. The summed E-state index contributed by atoms with van der Waals surface area (Å²) >= 11 is 0. The minimum Gasteiger partial charge on any atom is -0.299 e. The Hall–Kier alpha value is -0.400. The molecule has 1 nitrogen and oxygen atoms in total. The number of carbonyl (C=O) groups is 1. The summed E-state index contributed by atoms with van der Waals surface area (Å²) in [5.41, 5.74) is -1.10. The van der Waals surface area contributed by atoms with E-state index in [4.69, 9.17) is 0 Å². The standard InChI is InChI=1S/C7H9FO/c1-5(9)6-2-7(8,3-6)4-6/h2-4H2,1H3. The van der Waals surface area contributed by atoms with Crippen LogP contribution in [0.5, 0.6) is 0 Å². The van der Waals surface area contributed by atoms with Gasteiger partial charge in [0.15, 0.2) is 0 Å². The van der Waals surface area contributed by atoms with E-state index >= 15 is 0 Å². The van der Waals surface area contributed by atoms with Crippen LogP contribution >= 0.6 is 0 Å². The topological polar surface area (TPSA) is 17.1 Å². The lowest BCUT2D eigenvalue weighted by Crippen LogP contribution is -2.67. The van der Waals surface area contributed by atoms with Crippen molar-refractivity contribution in [3.63, 3.8) is 0 Å². The Balaban J connectivity index is 2.13. The number of Topliss-reactive ketones (excluding diaryl/α,β-unsaturated/α-hetero) is 1. The summed E-state index contributed by atoms with van der Waals surface area (Å²) in [5, 5.41) is 0. The molecule has 0 saturated heterocycles. The van der Waals surface area contributed by atoms with Crippen LogP contribution in [0.15, 0.2) is 0 Å². The molecular formula is C7H9FO. The molecule has 50 valence electrons. The second-order valence-corrected chi connectivity index (χ2v) is 3.52. The molecule has 0 aliphatic heterocycles. The number of rotatable bonds is 1. The van der Waals surface area contributed by atoms with Crippen LogP contribution in [0.3, 0.4) is 0 Å². The third-order valence-electron chi connectivity index (χ3n) is 2.71. The fourth-order valence-electron chi connectivity index (χ4n) is 2.04. The van der Waals surface area contributed by atoms with Crippen molar-refractivity contribution in [3.8, 4) is 0 Å². The van der Waals surface area contributed by atoms with Gasteiger partial charge >= 0.3 is 0 Å². The lowest BCUT2D eigenvalue weighted by molar-refractivity contribution is -0.210. The molecule has 3 fully saturated rings. The lowest BCUT2D eigenvalue weighted by Gasteiger charge is -2.64. The Morgan fingerprint density at radius 1 is 1.44 bits per heavy atom. The zero-order valence-electron chi connectivity index (χ0n) is 5.41. The van der Waals surface area contributed by atoms with Crippen LogP contribution in [-0.2, 0) is 4.79 Å². The van der Waals surface area contributed by atoms with Gasteiger partial charge in [-0.2, -0.15) is 0 Å². The molecule has 9 heavy (non-hydrogen) atoms. The largest absolute Gasteiger partial charge is 0.299 e. The Bertz CT molecular complexity index is 166. The number of hydrogen-bond donors (Lipinski definition) is 0. The van der Waals surface area contributed by atoms with E-state index in [1.54, 1.807) is 6.92 Å². The van der Waals surface area contributed by atoms with Crippen LogP contribution in [-0.4, -0.2) is 11.5 Å². The first-order valence-corrected chi connectivity index (χ1v) is 3.26. The Morgan fingerprint density at radius 3 is 2.00 bits per heavy atom. The normalized spacial score (nSPS) is 53.6. The highest BCUT2D eigenvalue weighted by Gasteiger charge is 2.71. The Kier molecular flexibility index (Phi) is 0.640. The average Bonchev–Trinajstić information content (AvgIpc) is 1.54. The van der Waals surface area contributed by atoms with Crippen LogP contribution < -0.4 is 0 Å². The van der Waals surface area contributed by atoms with E-state index in [9.17, 15) is 9.18 Å². The summed E-state index contributed by atoms with van der Waals surface area (Å²) < 4.78 is 12.7. The molecule has 2 bridgehead atoms. The van der Waals surface area contributed by atoms with E-state index < -0.39 is 5.67 Å². The molecule has 3 aliphatic rings. The number of alkyl halides is 1. The first kappa shape index (κ1) is 5.39. The van der Waals surface area contributed by atoms with E-state index in [0.29, 0.717) is 19.3 Å². The van der Waals surface area contributed by atoms with Crippen molar-refractivity contribution >= 4 is 5.78 Å². The van der Waals surface area contributed by atoms with Crippen LogP contribution in [0.2, 0.25) is 0 Å². The summed E-state index contributed by atoms with van der Waals surface area (Å²) in [4.78, 5) is 10.8. The summed E-state index contributed by atoms with van der Waals surface area (Å²) in [5.74, 6) is 0.182. The molecule has 0 N–H and O–H groups in total. The molecule has 0 atom stereocenters. The summed E-state index contributed by atoms with van der Waals surface area (Å²) in [7, 11) is 0. The van der Waals surface area contributed by atoms with Crippen molar-refractivity contribution in [1.29, 1.82) is 0 Å². The molecule has 0 amide bonds. The Morgan fingerprint density at radius 2 is 1.89 bits per heavy atom. The van der Waals surface area contributed by atoms with Gasteiger partial charge in [-0.3, -0.25) is 4.79 Å². The van der Waals surface area contributed by atoms with Crippen LogP contribution in [0, 0.1) is 5.41 Å². The van der Waals surface area contributed by atoms with Gasteiger partial charge in [0, 0.05) is 5.41 Å². The molecule has 2 heteroatoms. The van der Waals surface area contributed by atoms with Crippen molar-refractivity contribution in [3.05, 3.63) is 0 Å². The minimum absolute atomic E-state index is 0.182. The molecule has 3 aliphatic carbocycles. The summed E-state index contributed by atoms with van der Waals surface area (Å²) in [6.07, 6.45) is 1.53. The van der Waals surface area contributed by atoms with Gasteiger partial charge in [-0.15, -0.1) is 0 Å². The third kappa shape index (κ3) is 0.428. The molecule has 0 aromatic rings. The number of hydrogen-bond acceptors (Lipinski definition) is 1. The first-order chi connectivity index (χ1) is 4.06. The second kappa shape index (κ2) is 1.07. The van der Waals surface area contributed by atoms with E-state index in [1.807, 2.05) is 0 Å². The van der Waals surface area contributed by atoms with Crippen LogP contribution in [0.1, 0.15) is 26.2 Å². The van der Waals surface area contributed by atoms with E-state index in [0.717, 1.165) is 0 Å². The molecule has 0 radical (unpaired) electrons. The quantitative estimate of drug-likeness (QED) is 0.522. The van der Waals surface area contributed by atoms with Crippen molar-refractivity contribution < 1.29 is 9.18 Å². The smallest absolute Gasteiger partial charge is 0.136 e. The van der Waals surface area contributed by atoms with Crippen molar-refractivity contribution in [1.82, 2.24) is 0 Å². The molecule has 0 unspecified atom stereocenters. The predicted octanol–water partition coefficient (Wildman–Crippen LogP) is 1.47. The summed E-state index contributed by atoms with van der Waals surface area (Å²) in [6, 6.07) is 0.